The van der Waals surface area contributed by atoms with Crippen molar-refractivity contribution in [2.24, 2.45) is 0 Å². The molecule has 0 aromatic heterocycles. The molecule has 0 unspecified atom stereocenters. The number of anilines is 1. The first-order chi connectivity index (χ1) is 16.6. The minimum absolute atomic E-state index is 0.201. The van der Waals surface area contributed by atoms with Gasteiger partial charge < -0.3 is 24.0 Å². The zero-order chi connectivity index (χ0) is 23.8. The van der Waals surface area contributed by atoms with Gasteiger partial charge in [-0.1, -0.05) is 48.5 Å². The van der Waals surface area contributed by atoms with Crippen molar-refractivity contribution in [3.8, 4) is 22.6 Å². The second-order valence-electron chi connectivity index (χ2n) is 7.88. The van der Waals surface area contributed by atoms with E-state index in [4.69, 9.17) is 14.2 Å². The second-order valence-corrected chi connectivity index (χ2v) is 7.88. The maximum Gasteiger partial charge on any atom is 0.344 e. The summed E-state index contributed by atoms with van der Waals surface area (Å²) < 4.78 is 16.1. The Morgan fingerprint density at radius 3 is 2.18 bits per heavy atom. The van der Waals surface area contributed by atoms with Crippen molar-refractivity contribution in [2.45, 2.75) is 0 Å². The Hall–Kier alpha value is -4.00. The Bertz CT molecular complexity index is 1090. The highest BCUT2D eigenvalue weighted by atomic mass is 16.6. The van der Waals surface area contributed by atoms with E-state index in [1.807, 2.05) is 78.9 Å². The van der Waals surface area contributed by atoms with Gasteiger partial charge in [0.25, 0.3) is 5.91 Å². The van der Waals surface area contributed by atoms with E-state index in [9.17, 15) is 9.59 Å². The number of hydrogen-bond acceptors (Lipinski definition) is 6. The van der Waals surface area contributed by atoms with Gasteiger partial charge in [-0.05, 0) is 35.9 Å². The minimum Gasteiger partial charge on any atom is -0.497 e. The number of esters is 1. The molecule has 0 bridgehead atoms. The highest BCUT2D eigenvalue weighted by Crippen LogP contribution is 2.29. The van der Waals surface area contributed by atoms with E-state index in [0.717, 1.165) is 22.6 Å². The lowest BCUT2D eigenvalue weighted by Crippen LogP contribution is -2.50. The van der Waals surface area contributed by atoms with Crippen LogP contribution in [0.2, 0.25) is 0 Å². The van der Waals surface area contributed by atoms with Crippen molar-refractivity contribution >= 4 is 17.6 Å². The van der Waals surface area contributed by atoms with Crippen molar-refractivity contribution in [3.05, 3.63) is 78.9 Å². The van der Waals surface area contributed by atoms with Crippen molar-refractivity contribution < 1.29 is 23.8 Å². The number of amides is 1. The maximum atomic E-state index is 12.5. The molecule has 4 rings (SSSR count). The van der Waals surface area contributed by atoms with Crippen LogP contribution < -0.4 is 14.4 Å². The highest BCUT2D eigenvalue weighted by molar-refractivity contribution is 5.81. The van der Waals surface area contributed by atoms with Crippen LogP contribution >= 0.6 is 0 Å². The quantitative estimate of drug-likeness (QED) is 0.478. The molecule has 3 aromatic rings. The summed E-state index contributed by atoms with van der Waals surface area (Å²) in [6.07, 6.45) is 0. The van der Waals surface area contributed by atoms with Gasteiger partial charge >= 0.3 is 5.97 Å². The normalized spacial score (nSPS) is 13.3. The van der Waals surface area contributed by atoms with Crippen LogP contribution in [0.5, 0.6) is 11.5 Å². The first kappa shape index (κ1) is 23.2. The third-order valence-corrected chi connectivity index (χ3v) is 5.74. The standard InChI is InChI=1S/C27H28N2O5/c1-32-23-13-11-22(12-14-23)28-15-17-29(18-16-28)26(30)19-34-27(31)20-33-25-10-6-5-9-24(25)21-7-3-2-4-8-21/h2-14H,15-20H2,1H3. The molecule has 0 atom stereocenters. The zero-order valence-electron chi connectivity index (χ0n) is 19.2. The number of carbonyl (C=O) groups is 2. The molecule has 1 heterocycles. The van der Waals surface area contributed by atoms with Gasteiger partial charge in [-0.3, -0.25) is 4.79 Å². The Morgan fingerprint density at radius 1 is 0.794 bits per heavy atom. The van der Waals surface area contributed by atoms with Crippen molar-refractivity contribution in [1.29, 1.82) is 0 Å². The molecule has 1 fully saturated rings. The Kier molecular flexibility index (Phi) is 7.65. The van der Waals surface area contributed by atoms with Crippen LogP contribution in [0.15, 0.2) is 78.9 Å². The van der Waals surface area contributed by atoms with Gasteiger partial charge in [0, 0.05) is 37.4 Å². The molecule has 1 amide bonds. The molecule has 3 aromatic carbocycles. The van der Waals surface area contributed by atoms with E-state index in [2.05, 4.69) is 4.90 Å². The van der Waals surface area contributed by atoms with Crippen LogP contribution in [0.4, 0.5) is 5.69 Å². The average molecular weight is 461 g/mol. The van der Waals surface area contributed by atoms with E-state index in [0.29, 0.717) is 31.9 Å². The summed E-state index contributed by atoms with van der Waals surface area (Å²) in [5.74, 6) is 0.624. The maximum absolute atomic E-state index is 12.5. The molecule has 0 radical (unpaired) electrons. The van der Waals surface area contributed by atoms with E-state index in [-0.39, 0.29) is 19.1 Å². The predicted molar refractivity (Wildman–Crippen MR) is 130 cm³/mol. The number of carbonyl (C=O) groups excluding carboxylic acids is 2. The first-order valence-electron chi connectivity index (χ1n) is 11.2. The molecule has 1 aliphatic rings. The summed E-state index contributed by atoms with van der Waals surface area (Å²) in [7, 11) is 1.64. The molecule has 0 spiro atoms. The number of hydrogen-bond donors (Lipinski definition) is 0. The van der Waals surface area contributed by atoms with Crippen LogP contribution in [0.3, 0.4) is 0 Å². The predicted octanol–water partition coefficient (Wildman–Crippen LogP) is 3.63. The summed E-state index contributed by atoms with van der Waals surface area (Å²) in [5.41, 5.74) is 2.98. The topological polar surface area (TPSA) is 68.3 Å². The van der Waals surface area contributed by atoms with Gasteiger partial charge in [-0.2, -0.15) is 0 Å². The third-order valence-electron chi connectivity index (χ3n) is 5.74. The van der Waals surface area contributed by atoms with Crippen molar-refractivity contribution in [1.82, 2.24) is 4.90 Å². The fraction of sp³-hybridized carbons (Fsp3) is 0.259. The van der Waals surface area contributed by atoms with E-state index in [1.54, 1.807) is 12.0 Å². The number of benzene rings is 3. The SMILES string of the molecule is COc1ccc(N2CCN(C(=O)COC(=O)COc3ccccc3-c3ccccc3)CC2)cc1. The van der Waals surface area contributed by atoms with Crippen LogP contribution in [-0.2, 0) is 14.3 Å². The Morgan fingerprint density at radius 2 is 1.47 bits per heavy atom. The minimum atomic E-state index is -0.576. The van der Waals surface area contributed by atoms with Gasteiger partial charge in [0.05, 0.1) is 7.11 Å². The monoisotopic (exact) mass is 460 g/mol. The lowest BCUT2D eigenvalue weighted by Gasteiger charge is -2.36. The van der Waals surface area contributed by atoms with Crippen LogP contribution in [0.1, 0.15) is 0 Å². The fourth-order valence-corrected chi connectivity index (χ4v) is 3.87. The number of nitrogens with zero attached hydrogens (tertiary/aromatic N) is 2. The van der Waals surface area contributed by atoms with Crippen LogP contribution in [0.25, 0.3) is 11.1 Å². The summed E-state index contributed by atoms with van der Waals surface area (Å²) in [4.78, 5) is 28.7. The molecular formula is C27H28N2O5. The molecule has 1 saturated heterocycles. The summed E-state index contributed by atoms with van der Waals surface area (Å²) in [6, 6.07) is 25.2. The van der Waals surface area contributed by atoms with Gasteiger partial charge in [0.1, 0.15) is 11.5 Å². The van der Waals surface area contributed by atoms with Gasteiger partial charge in [-0.15, -0.1) is 0 Å². The molecule has 7 heteroatoms. The van der Waals surface area contributed by atoms with Crippen molar-refractivity contribution in [3.63, 3.8) is 0 Å². The van der Waals surface area contributed by atoms with Gasteiger partial charge in [0.2, 0.25) is 0 Å². The van der Waals surface area contributed by atoms with Gasteiger partial charge in [-0.25, -0.2) is 4.79 Å². The average Bonchev–Trinajstić information content (AvgIpc) is 2.91. The molecule has 0 saturated carbocycles. The van der Waals surface area contributed by atoms with E-state index < -0.39 is 5.97 Å². The summed E-state index contributed by atoms with van der Waals surface area (Å²) in [6.45, 7) is 2.02. The zero-order valence-corrected chi connectivity index (χ0v) is 19.2. The lowest BCUT2D eigenvalue weighted by molar-refractivity contribution is -0.153. The molecule has 0 N–H and O–H groups in total. The van der Waals surface area contributed by atoms with Gasteiger partial charge in [0.15, 0.2) is 13.2 Å². The summed E-state index contributed by atoms with van der Waals surface area (Å²) >= 11 is 0. The van der Waals surface area contributed by atoms with E-state index in [1.165, 1.54) is 0 Å². The van der Waals surface area contributed by atoms with E-state index >= 15 is 0 Å². The Balaban J connectivity index is 1.22. The number of rotatable bonds is 8. The Labute approximate surface area is 199 Å². The number of para-hydroxylation sites is 1. The number of piperazine rings is 1. The van der Waals surface area contributed by atoms with Crippen molar-refractivity contribution in [2.75, 3.05) is 51.4 Å². The first-order valence-corrected chi connectivity index (χ1v) is 11.2. The molecule has 7 nitrogen and oxygen atoms in total. The number of ether oxygens (including phenoxy) is 3. The number of methoxy groups -OCH3 is 1. The second kappa shape index (κ2) is 11.2. The van der Waals surface area contributed by atoms with Crippen LogP contribution in [-0.4, -0.2) is 63.3 Å². The highest BCUT2D eigenvalue weighted by Gasteiger charge is 2.22. The largest absolute Gasteiger partial charge is 0.497 e. The summed E-state index contributed by atoms with van der Waals surface area (Å²) in [5, 5.41) is 0. The van der Waals surface area contributed by atoms with Crippen LogP contribution in [0, 0.1) is 0 Å². The molecular weight excluding hydrogens is 432 g/mol. The lowest BCUT2D eigenvalue weighted by atomic mass is 10.1. The smallest absolute Gasteiger partial charge is 0.344 e. The molecule has 1 aliphatic heterocycles. The molecule has 34 heavy (non-hydrogen) atoms. The fourth-order valence-electron chi connectivity index (χ4n) is 3.87. The third kappa shape index (κ3) is 5.86. The molecule has 0 aliphatic carbocycles. The molecule has 176 valence electrons.